The summed E-state index contributed by atoms with van der Waals surface area (Å²) in [6.45, 7) is 5.02. The lowest BCUT2D eigenvalue weighted by Crippen LogP contribution is -2.33. The van der Waals surface area contributed by atoms with E-state index >= 15 is 0 Å². The van der Waals surface area contributed by atoms with Gasteiger partial charge in [0.05, 0.1) is 0 Å². The van der Waals surface area contributed by atoms with Gasteiger partial charge in [-0.1, -0.05) is 6.58 Å². The summed E-state index contributed by atoms with van der Waals surface area (Å²) < 4.78 is 25.8. The lowest BCUT2D eigenvalue weighted by Gasteiger charge is -2.29. The number of carbonyl (C=O) groups excluding carboxylic acids is 1. The molecule has 1 aliphatic rings. The van der Waals surface area contributed by atoms with Crippen molar-refractivity contribution in [2.24, 2.45) is 0 Å². The quantitative estimate of drug-likeness (QED) is 0.639. The molecule has 4 heteroatoms. The van der Waals surface area contributed by atoms with E-state index in [9.17, 15) is 13.6 Å². The molecule has 0 amide bonds. The first-order valence-corrected chi connectivity index (χ1v) is 4.50. The van der Waals surface area contributed by atoms with Crippen LogP contribution in [0.25, 0.3) is 0 Å². The van der Waals surface area contributed by atoms with Crippen molar-refractivity contribution in [3.63, 3.8) is 0 Å². The molecule has 0 radical (unpaired) electrons. The van der Waals surface area contributed by atoms with Crippen LogP contribution in [0.3, 0.4) is 0 Å². The molecule has 2 nitrogen and oxygen atoms in total. The predicted molar refractivity (Wildman–Crippen MR) is 49.9 cm³/mol. The summed E-state index contributed by atoms with van der Waals surface area (Å²) in [5, 5.41) is 0. The van der Waals surface area contributed by atoms with E-state index in [2.05, 4.69) is 6.58 Å². The van der Waals surface area contributed by atoms with Gasteiger partial charge in [0.1, 0.15) is 23.1 Å². The first kappa shape index (κ1) is 10.9. The molecule has 0 aromatic rings. The van der Waals surface area contributed by atoms with Crippen LogP contribution < -0.4 is 0 Å². The molecule has 0 aliphatic carbocycles. The van der Waals surface area contributed by atoms with Crippen LogP contribution in [0, 0.1) is 0 Å². The molecule has 0 N–H and O–H groups in total. The van der Waals surface area contributed by atoms with Gasteiger partial charge in [-0.25, -0.2) is 8.78 Å². The van der Waals surface area contributed by atoms with Gasteiger partial charge in [0.25, 0.3) is 0 Å². The van der Waals surface area contributed by atoms with Gasteiger partial charge in [-0.2, -0.15) is 0 Å². The van der Waals surface area contributed by atoms with Gasteiger partial charge in [0.15, 0.2) is 0 Å². The third kappa shape index (κ3) is 2.40. The van der Waals surface area contributed by atoms with Crippen molar-refractivity contribution in [2.45, 2.75) is 19.8 Å². The number of ketones is 1. The fourth-order valence-electron chi connectivity index (χ4n) is 1.56. The molecular formula is C10H13F2NO. The third-order valence-electron chi connectivity index (χ3n) is 2.22. The van der Waals surface area contributed by atoms with Gasteiger partial charge in [0, 0.05) is 25.9 Å². The second-order valence-electron chi connectivity index (χ2n) is 3.31. The topological polar surface area (TPSA) is 20.3 Å². The Morgan fingerprint density at radius 1 is 1.36 bits per heavy atom. The Kier molecular flexibility index (Phi) is 3.38. The highest BCUT2D eigenvalue weighted by molar-refractivity contribution is 5.79. The van der Waals surface area contributed by atoms with Crippen LogP contribution in [0.5, 0.6) is 0 Å². The second kappa shape index (κ2) is 4.35. The average Bonchev–Trinajstić information content (AvgIpc) is 2.07. The fourth-order valence-corrected chi connectivity index (χ4v) is 1.56. The number of nitrogens with zero attached hydrogens (tertiary/aromatic N) is 1. The maximum Gasteiger partial charge on any atom is 0.142 e. The van der Waals surface area contributed by atoms with Crippen LogP contribution in [-0.2, 0) is 4.79 Å². The Morgan fingerprint density at radius 2 is 1.86 bits per heavy atom. The molecule has 78 valence electrons. The zero-order valence-electron chi connectivity index (χ0n) is 8.15. The van der Waals surface area contributed by atoms with E-state index in [0.717, 1.165) is 0 Å². The summed E-state index contributed by atoms with van der Waals surface area (Å²) in [5.74, 6) is -1.23. The molecule has 1 fully saturated rings. The molecule has 1 rings (SSSR count). The van der Waals surface area contributed by atoms with E-state index in [-0.39, 0.29) is 11.5 Å². The van der Waals surface area contributed by atoms with Gasteiger partial charge < -0.3 is 4.90 Å². The van der Waals surface area contributed by atoms with Gasteiger partial charge in [0.2, 0.25) is 0 Å². The Bertz CT molecular complexity index is 282. The van der Waals surface area contributed by atoms with Crippen LogP contribution in [0.15, 0.2) is 23.9 Å². The van der Waals surface area contributed by atoms with E-state index in [0.29, 0.717) is 25.9 Å². The second-order valence-corrected chi connectivity index (χ2v) is 3.31. The highest BCUT2D eigenvalue weighted by Crippen LogP contribution is 2.23. The Labute approximate surface area is 81.9 Å². The van der Waals surface area contributed by atoms with E-state index < -0.39 is 11.7 Å². The summed E-state index contributed by atoms with van der Waals surface area (Å²) >= 11 is 0. The number of allylic oxidation sites excluding steroid dienone is 2. The van der Waals surface area contributed by atoms with E-state index in [1.54, 1.807) is 0 Å². The monoisotopic (exact) mass is 201 g/mol. The molecule has 0 aromatic carbocycles. The molecule has 1 aliphatic heterocycles. The number of carbonyl (C=O) groups is 1. The minimum absolute atomic E-state index is 0.0995. The number of rotatable bonds is 2. The third-order valence-corrected chi connectivity index (χ3v) is 2.22. The van der Waals surface area contributed by atoms with Crippen molar-refractivity contribution < 1.29 is 13.6 Å². The van der Waals surface area contributed by atoms with E-state index in [4.69, 9.17) is 0 Å². The standard InChI is InChI=1S/C10H13F2NO/c1-7(11)10(8(2)12)13-5-3-9(14)4-6-13/h1,3-6H2,2H3. The van der Waals surface area contributed by atoms with Gasteiger partial charge >= 0.3 is 0 Å². The van der Waals surface area contributed by atoms with Crippen LogP contribution in [0.4, 0.5) is 8.78 Å². The zero-order valence-corrected chi connectivity index (χ0v) is 8.15. The highest BCUT2D eigenvalue weighted by atomic mass is 19.1. The molecule has 0 bridgehead atoms. The molecular weight excluding hydrogens is 188 g/mol. The minimum atomic E-state index is -0.778. The lowest BCUT2D eigenvalue weighted by molar-refractivity contribution is -0.121. The molecule has 14 heavy (non-hydrogen) atoms. The largest absolute Gasteiger partial charge is 0.366 e. The Hall–Kier alpha value is -1.19. The van der Waals surface area contributed by atoms with Gasteiger partial charge in [-0.05, 0) is 6.92 Å². The normalized spacial score (nSPS) is 19.4. The van der Waals surface area contributed by atoms with Gasteiger partial charge in [-0.3, -0.25) is 4.79 Å². The summed E-state index contributed by atoms with van der Waals surface area (Å²) in [6.07, 6.45) is 0.702. The Morgan fingerprint density at radius 3 is 2.21 bits per heavy atom. The van der Waals surface area contributed by atoms with Gasteiger partial charge in [-0.15, -0.1) is 0 Å². The van der Waals surface area contributed by atoms with Crippen molar-refractivity contribution in [3.05, 3.63) is 23.9 Å². The van der Waals surface area contributed by atoms with Crippen LogP contribution >= 0.6 is 0 Å². The SMILES string of the molecule is C=C(F)C(=C(C)F)N1CCC(=O)CC1. The number of piperidine rings is 1. The van der Waals surface area contributed by atoms with Crippen LogP contribution in [0.2, 0.25) is 0 Å². The summed E-state index contributed by atoms with van der Waals surface area (Å²) in [4.78, 5) is 12.4. The van der Waals surface area contributed by atoms with Crippen molar-refractivity contribution in [1.29, 1.82) is 0 Å². The Balaban J connectivity index is 2.77. The first-order valence-electron chi connectivity index (χ1n) is 4.50. The van der Waals surface area contributed by atoms with E-state index in [1.807, 2.05) is 0 Å². The van der Waals surface area contributed by atoms with Crippen molar-refractivity contribution >= 4 is 5.78 Å². The molecule has 0 atom stereocenters. The zero-order chi connectivity index (χ0) is 10.7. The highest BCUT2D eigenvalue weighted by Gasteiger charge is 2.21. The molecule has 0 aromatic heterocycles. The number of likely N-dealkylation sites (tertiary alicyclic amines) is 1. The maximum absolute atomic E-state index is 13.0. The minimum Gasteiger partial charge on any atom is -0.366 e. The van der Waals surface area contributed by atoms with Crippen LogP contribution in [-0.4, -0.2) is 23.8 Å². The molecule has 0 spiro atoms. The maximum atomic E-state index is 13.0. The summed E-state index contributed by atoms with van der Waals surface area (Å²) in [5.41, 5.74) is -0.0995. The predicted octanol–water partition coefficient (Wildman–Crippen LogP) is 2.34. The fraction of sp³-hybridized carbons (Fsp3) is 0.500. The molecule has 1 heterocycles. The van der Waals surface area contributed by atoms with Crippen LogP contribution in [0.1, 0.15) is 19.8 Å². The number of halogens is 2. The summed E-state index contributed by atoms with van der Waals surface area (Å²) in [7, 11) is 0. The van der Waals surface area contributed by atoms with Crippen molar-refractivity contribution in [2.75, 3.05) is 13.1 Å². The molecule has 1 saturated heterocycles. The number of hydrogen-bond acceptors (Lipinski definition) is 2. The number of hydrogen-bond donors (Lipinski definition) is 0. The average molecular weight is 201 g/mol. The van der Waals surface area contributed by atoms with Crippen molar-refractivity contribution in [1.82, 2.24) is 4.90 Å². The summed E-state index contributed by atoms with van der Waals surface area (Å²) in [6, 6.07) is 0. The molecule has 0 saturated carbocycles. The number of Topliss-reactive ketones (excluding diaryl/α,β-unsaturated/α-hetero) is 1. The smallest absolute Gasteiger partial charge is 0.142 e. The molecule has 0 unspecified atom stereocenters. The lowest BCUT2D eigenvalue weighted by atomic mass is 10.1. The first-order chi connectivity index (χ1) is 6.52. The van der Waals surface area contributed by atoms with E-state index in [1.165, 1.54) is 11.8 Å². The van der Waals surface area contributed by atoms with Crippen molar-refractivity contribution in [3.8, 4) is 0 Å².